The Morgan fingerprint density at radius 2 is 1.94 bits per heavy atom. The lowest BCUT2D eigenvalue weighted by Crippen LogP contribution is -2.52. The van der Waals surface area contributed by atoms with Gasteiger partial charge < -0.3 is 19.1 Å². The van der Waals surface area contributed by atoms with Gasteiger partial charge in [-0.25, -0.2) is 4.39 Å². The molecule has 2 aromatic rings. The van der Waals surface area contributed by atoms with Crippen molar-refractivity contribution in [2.24, 2.45) is 0 Å². The van der Waals surface area contributed by atoms with Crippen molar-refractivity contribution >= 4 is 5.91 Å². The SMILES string of the molecule is CCOC1CC(c2ccccc2)OC2(CCN(C(=O)c3cc(F)ccc3OC)CC2)C1. The summed E-state index contributed by atoms with van der Waals surface area (Å²) >= 11 is 0. The van der Waals surface area contributed by atoms with Gasteiger partial charge in [0.1, 0.15) is 11.6 Å². The zero-order valence-corrected chi connectivity index (χ0v) is 18.2. The Morgan fingerprint density at radius 1 is 1.19 bits per heavy atom. The number of likely N-dealkylation sites (tertiary alicyclic amines) is 1. The zero-order chi connectivity index (χ0) is 21.8. The van der Waals surface area contributed by atoms with Gasteiger partial charge in [-0.3, -0.25) is 4.79 Å². The quantitative estimate of drug-likeness (QED) is 0.690. The maximum absolute atomic E-state index is 13.8. The monoisotopic (exact) mass is 427 g/mol. The Morgan fingerprint density at radius 3 is 2.61 bits per heavy atom. The van der Waals surface area contributed by atoms with E-state index < -0.39 is 5.82 Å². The summed E-state index contributed by atoms with van der Waals surface area (Å²) in [5.41, 5.74) is 1.10. The second kappa shape index (κ2) is 9.37. The number of carbonyl (C=O) groups is 1. The molecule has 2 aliphatic heterocycles. The highest BCUT2D eigenvalue weighted by Gasteiger charge is 2.45. The maximum atomic E-state index is 13.8. The highest BCUT2D eigenvalue weighted by molar-refractivity contribution is 5.97. The first-order valence-electron chi connectivity index (χ1n) is 11.0. The normalized spacial score (nSPS) is 23.0. The van der Waals surface area contributed by atoms with Gasteiger partial charge in [-0.05, 0) is 43.5 Å². The Labute approximate surface area is 183 Å². The van der Waals surface area contributed by atoms with Gasteiger partial charge in [-0.1, -0.05) is 30.3 Å². The standard InChI is InChI=1S/C25H30FNO4/c1-3-30-20-16-23(18-7-5-4-6-8-18)31-25(17-20)11-13-27(14-12-25)24(28)21-15-19(26)9-10-22(21)29-2/h4-10,15,20,23H,3,11-14,16-17H2,1-2H3. The number of ether oxygens (including phenoxy) is 3. The molecule has 4 rings (SSSR count). The minimum absolute atomic E-state index is 0.0166. The van der Waals surface area contributed by atoms with E-state index in [2.05, 4.69) is 12.1 Å². The van der Waals surface area contributed by atoms with Crippen molar-refractivity contribution in [2.75, 3.05) is 26.8 Å². The summed E-state index contributed by atoms with van der Waals surface area (Å²) in [5.74, 6) is -0.261. The summed E-state index contributed by atoms with van der Waals surface area (Å²) in [6.07, 6.45) is 3.23. The average Bonchev–Trinajstić information content (AvgIpc) is 2.80. The molecule has 2 aromatic carbocycles. The van der Waals surface area contributed by atoms with Crippen molar-refractivity contribution < 1.29 is 23.4 Å². The van der Waals surface area contributed by atoms with Gasteiger partial charge in [0.25, 0.3) is 5.91 Å². The molecule has 0 saturated carbocycles. The summed E-state index contributed by atoms with van der Waals surface area (Å²) < 4.78 is 31.7. The van der Waals surface area contributed by atoms with E-state index in [4.69, 9.17) is 14.2 Å². The maximum Gasteiger partial charge on any atom is 0.257 e. The van der Waals surface area contributed by atoms with Crippen molar-refractivity contribution in [2.45, 2.75) is 50.4 Å². The van der Waals surface area contributed by atoms with Crippen molar-refractivity contribution in [3.8, 4) is 5.75 Å². The van der Waals surface area contributed by atoms with Crippen molar-refractivity contribution in [1.82, 2.24) is 4.90 Å². The molecule has 2 atom stereocenters. The van der Waals surface area contributed by atoms with Crippen LogP contribution in [0, 0.1) is 5.82 Å². The number of benzene rings is 2. The number of hydrogen-bond donors (Lipinski definition) is 0. The first-order valence-corrected chi connectivity index (χ1v) is 11.0. The molecule has 2 fully saturated rings. The Kier molecular flexibility index (Phi) is 6.58. The molecule has 0 aliphatic carbocycles. The van der Waals surface area contributed by atoms with E-state index in [-0.39, 0.29) is 29.3 Å². The second-order valence-electron chi connectivity index (χ2n) is 8.35. The number of methoxy groups -OCH3 is 1. The number of halogens is 1. The molecule has 0 aromatic heterocycles. The van der Waals surface area contributed by atoms with Gasteiger partial charge in [0.15, 0.2) is 0 Å². The molecule has 0 bridgehead atoms. The predicted octanol–water partition coefficient (Wildman–Crippen LogP) is 4.77. The van der Waals surface area contributed by atoms with E-state index in [1.54, 1.807) is 4.90 Å². The molecule has 6 heteroatoms. The molecule has 1 spiro atoms. The number of amides is 1. The summed E-state index contributed by atoms with van der Waals surface area (Å²) in [6, 6.07) is 14.3. The second-order valence-corrected chi connectivity index (χ2v) is 8.35. The fourth-order valence-electron chi connectivity index (χ4n) is 4.83. The van der Waals surface area contributed by atoms with Crippen molar-refractivity contribution in [3.05, 3.63) is 65.5 Å². The molecule has 2 unspecified atom stereocenters. The van der Waals surface area contributed by atoms with E-state index in [1.165, 1.54) is 25.3 Å². The Bertz CT molecular complexity index is 896. The average molecular weight is 428 g/mol. The van der Waals surface area contributed by atoms with E-state index in [1.807, 2.05) is 25.1 Å². The number of rotatable bonds is 5. The smallest absolute Gasteiger partial charge is 0.257 e. The lowest BCUT2D eigenvalue weighted by molar-refractivity contribution is -0.190. The topological polar surface area (TPSA) is 48.0 Å². The third-order valence-corrected chi connectivity index (χ3v) is 6.40. The van der Waals surface area contributed by atoms with Crippen LogP contribution in [0.2, 0.25) is 0 Å². The van der Waals surface area contributed by atoms with Gasteiger partial charge in [0.05, 0.1) is 30.5 Å². The van der Waals surface area contributed by atoms with Crippen LogP contribution in [0.3, 0.4) is 0 Å². The highest BCUT2D eigenvalue weighted by atomic mass is 19.1. The van der Waals surface area contributed by atoms with Crippen LogP contribution in [-0.2, 0) is 9.47 Å². The summed E-state index contributed by atoms with van der Waals surface area (Å²) in [6.45, 7) is 3.80. The third kappa shape index (κ3) is 4.75. The zero-order valence-electron chi connectivity index (χ0n) is 18.2. The van der Waals surface area contributed by atoms with E-state index in [0.29, 0.717) is 25.4 Å². The number of piperidine rings is 1. The number of hydrogen-bond acceptors (Lipinski definition) is 4. The first-order chi connectivity index (χ1) is 15.0. The van der Waals surface area contributed by atoms with Crippen LogP contribution in [0.4, 0.5) is 4.39 Å². The summed E-state index contributed by atoms with van der Waals surface area (Å²) in [7, 11) is 1.49. The Hall–Kier alpha value is -2.44. The first kappa shape index (κ1) is 21.8. The molecule has 0 radical (unpaired) electrons. The molecule has 2 heterocycles. The van der Waals surface area contributed by atoms with Gasteiger partial charge in [-0.15, -0.1) is 0 Å². The van der Waals surface area contributed by atoms with Crippen LogP contribution in [0.15, 0.2) is 48.5 Å². The molecule has 2 saturated heterocycles. The van der Waals surface area contributed by atoms with Gasteiger partial charge in [0, 0.05) is 32.5 Å². The summed E-state index contributed by atoms with van der Waals surface area (Å²) in [5, 5.41) is 0. The van der Waals surface area contributed by atoms with Crippen LogP contribution in [-0.4, -0.2) is 49.3 Å². The highest BCUT2D eigenvalue weighted by Crippen LogP contribution is 2.44. The lowest BCUT2D eigenvalue weighted by atomic mass is 9.80. The van der Waals surface area contributed by atoms with E-state index in [0.717, 1.165) is 31.2 Å². The largest absolute Gasteiger partial charge is 0.496 e. The van der Waals surface area contributed by atoms with Crippen LogP contribution in [0.5, 0.6) is 5.75 Å². The third-order valence-electron chi connectivity index (χ3n) is 6.40. The van der Waals surface area contributed by atoms with Gasteiger partial charge in [-0.2, -0.15) is 0 Å². The molecular formula is C25H30FNO4. The number of nitrogens with zero attached hydrogens (tertiary/aromatic N) is 1. The molecule has 5 nitrogen and oxygen atoms in total. The fourth-order valence-corrected chi connectivity index (χ4v) is 4.83. The van der Waals surface area contributed by atoms with Crippen LogP contribution < -0.4 is 4.74 Å². The summed E-state index contributed by atoms with van der Waals surface area (Å²) in [4.78, 5) is 14.8. The van der Waals surface area contributed by atoms with E-state index in [9.17, 15) is 9.18 Å². The minimum Gasteiger partial charge on any atom is -0.496 e. The lowest BCUT2D eigenvalue weighted by Gasteiger charge is -2.48. The van der Waals surface area contributed by atoms with Crippen LogP contribution in [0.25, 0.3) is 0 Å². The molecular weight excluding hydrogens is 397 g/mol. The Balaban J connectivity index is 1.49. The van der Waals surface area contributed by atoms with Crippen molar-refractivity contribution in [1.29, 1.82) is 0 Å². The van der Waals surface area contributed by atoms with Crippen LogP contribution in [0.1, 0.15) is 54.6 Å². The van der Waals surface area contributed by atoms with Gasteiger partial charge in [0.2, 0.25) is 0 Å². The van der Waals surface area contributed by atoms with Crippen molar-refractivity contribution in [3.63, 3.8) is 0 Å². The van der Waals surface area contributed by atoms with E-state index >= 15 is 0 Å². The minimum atomic E-state index is -0.446. The fraction of sp³-hybridized carbons (Fsp3) is 0.480. The number of carbonyl (C=O) groups excluding carboxylic acids is 1. The predicted molar refractivity (Wildman–Crippen MR) is 116 cm³/mol. The van der Waals surface area contributed by atoms with Gasteiger partial charge >= 0.3 is 0 Å². The molecule has 31 heavy (non-hydrogen) atoms. The molecule has 1 amide bonds. The molecule has 166 valence electrons. The molecule has 0 N–H and O–H groups in total. The molecule has 2 aliphatic rings. The van der Waals surface area contributed by atoms with Crippen LogP contribution >= 0.6 is 0 Å².